The minimum absolute atomic E-state index is 0.267. The van der Waals surface area contributed by atoms with Crippen molar-refractivity contribution in [3.05, 3.63) is 48.0 Å². The number of hydrogen-bond acceptors (Lipinski definition) is 4. The fourth-order valence-corrected chi connectivity index (χ4v) is 1.96. The van der Waals surface area contributed by atoms with E-state index in [4.69, 9.17) is 9.47 Å². The van der Waals surface area contributed by atoms with Crippen LogP contribution < -0.4 is 20.1 Å². The Morgan fingerprint density at radius 3 is 2.18 bits per heavy atom. The largest absolute Gasteiger partial charge is 0.494 e. The van der Waals surface area contributed by atoms with Gasteiger partial charge in [-0.25, -0.2) is 0 Å². The molecule has 0 aromatic heterocycles. The summed E-state index contributed by atoms with van der Waals surface area (Å²) in [7, 11) is 2.95. The zero-order chi connectivity index (χ0) is 15.9. The molecular weight excluding hydrogens is 284 g/mol. The van der Waals surface area contributed by atoms with Gasteiger partial charge in [-0.05, 0) is 12.1 Å². The molecule has 0 heterocycles. The Balaban J connectivity index is 2.33. The first-order chi connectivity index (χ1) is 10.7. The standard InChI is InChI=1S/C16H16N2O4/c1-21-14-9-13(15(22-2)8-12(14)17-10-19)18-16(20)11-6-4-3-5-7-11/h3-10H,1-2H3,(H,17,19)(H,18,20). The van der Waals surface area contributed by atoms with Crippen LogP contribution in [0.4, 0.5) is 11.4 Å². The maximum Gasteiger partial charge on any atom is 0.255 e. The molecule has 2 rings (SSSR count). The predicted octanol–water partition coefficient (Wildman–Crippen LogP) is 2.52. The van der Waals surface area contributed by atoms with Crippen molar-refractivity contribution in [2.75, 3.05) is 24.9 Å². The van der Waals surface area contributed by atoms with Crippen LogP contribution in [0.3, 0.4) is 0 Å². The number of benzene rings is 2. The van der Waals surface area contributed by atoms with Gasteiger partial charge in [-0.2, -0.15) is 0 Å². The van der Waals surface area contributed by atoms with E-state index in [2.05, 4.69) is 10.6 Å². The molecule has 0 spiro atoms. The van der Waals surface area contributed by atoms with Crippen LogP contribution in [0.2, 0.25) is 0 Å². The molecule has 0 aliphatic rings. The van der Waals surface area contributed by atoms with E-state index in [0.29, 0.717) is 34.8 Å². The number of carbonyl (C=O) groups excluding carboxylic acids is 2. The Morgan fingerprint density at radius 2 is 1.59 bits per heavy atom. The lowest BCUT2D eigenvalue weighted by molar-refractivity contribution is -0.105. The summed E-state index contributed by atoms with van der Waals surface area (Å²) in [6, 6.07) is 12.0. The third kappa shape index (κ3) is 3.35. The molecule has 0 saturated carbocycles. The van der Waals surface area contributed by atoms with Crippen molar-refractivity contribution >= 4 is 23.7 Å². The van der Waals surface area contributed by atoms with Crippen LogP contribution in [-0.2, 0) is 4.79 Å². The smallest absolute Gasteiger partial charge is 0.255 e. The summed E-state index contributed by atoms with van der Waals surface area (Å²) in [5, 5.41) is 5.28. The van der Waals surface area contributed by atoms with Crippen molar-refractivity contribution in [2.45, 2.75) is 0 Å². The van der Waals surface area contributed by atoms with Gasteiger partial charge < -0.3 is 20.1 Å². The van der Waals surface area contributed by atoms with Gasteiger partial charge in [0.1, 0.15) is 11.5 Å². The van der Waals surface area contributed by atoms with Gasteiger partial charge in [0.25, 0.3) is 5.91 Å². The maximum absolute atomic E-state index is 12.2. The van der Waals surface area contributed by atoms with Crippen LogP contribution in [0.25, 0.3) is 0 Å². The highest BCUT2D eigenvalue weighted by molar-refractivity contribution is 6.05. The number of ether oxygens (including phenoxy) is 2. The summed E-state index contributed by atoms with van der Waals surface area (Å²) in [6.07, 6.45) is 0.541. The molecule has 22 heavy (non-hydrogen) atoms. The van der Waals surface area contributed by atoms with Crippen LogP contribution in [0.5, 0.6) is 11.5 Å². The zero-order valence-corrected chi connectivity index (χ0v) is 12.3. The summed E-state index contributed by atoms with van der Waals surface area (Å²) in [6.45, 7) is 0. The van der Waals surface area contributed by atoms with E-state index < -0.39 is 0 Å². The molecule has 6 heteroatoms. The van der Waals surface area contributed by atoms with Gasteiger partial charge in [-0.3, -0.25) is 9.59 Å². The molecule has 0 atom stereocenters. The van der Waals surface area contributed by atoms with Gasteiger partial charge in [-0.1, -0.05) is 18.2 Å². The number of amides is 2. The number of rotatable bonds is 6. The van der Waals surface area contributed by atoms with Crippen LogP contribution in [0.15, 0.2) is 42.5 Å². The molecule has 0 aliphatic carbocycles. The van der Waals surface area contributed by atoms with E-state index in [1.807, 2.05) is 6.07 Å². The molecule has 0 radical (unpaired) electrons. The molecular formula is C16H16N2O4. The Kier molecular flexibility index (Phi) is 4.98. The minimum Gasteiger partial charge on any atom is -0.494 e. The third-order valence-corrected chi connectivity index (χ3v) is 3.02. The van der Waals surface area contributed by atoms with E-state index in [1.54, 1.807) is 36.4 Å². The van der Waals surface area contributed by atoms with Gasteiger partial charge in [0.2, 0.25) is 6.41 Å². The number of methoxy groups -OCH3 is 2. The van der Waals surface area contributed by atoms with E-state index in [1.165, 1.54) is 14.2 Å². The average Bonchev–Trinajstić information content (AvgIpc) is 2.56. The van der Waals surface area contributed by atoms with Crippen molar-refractivity contribution in [1.82, 2.24) is 0 Å². The number of hydrogen-bond donors (Lipinski definition) is 2. The normalized spacial score (nSPS) is 9.73. The Hall–Kier alpha value is -3.02. The Bertz CT molecular complexity index is 671. The fraction of sp³-hybridized carbons (Fsp3) is 0.125. The minimum atomic E-state index is -0.267. The molecule has 0 saturated heterocycles. The molecule has 6 nitrogen and oxygen atoms in total. The quantitative estimate of drug-likeness (QED) is 0.804. The zero-order valence-electron chi connectivity index (χ0n) is 12.3. The molecule has 0 fully saturated rings. The second kappa shape index (κ2) is 7.12. The van der Waals surface area contributed by atoms with Crippen LogP contribution in [0.1, 0.15) is 10.4 Å². The lowest BCUT2D eigenvalue weighted by atomic mass is 10.2. The lowest BCUT2D eigenvalue weighted by Gasteiger charge is -2.15. The summed E-state index contributed by atoms with van der Waals surface area (Å²) in [4.78, 5) is 22.8. The molecule has 2 aromatic carbocycles. The number of anilines is 2. The first kappa shape index (κ1) is 15.4. The van der Waals surface area contributed by atoms with Crippen LogP contribution in [-0.4, -0.2) is 26.5 Å². The molecule has 0 bridgehead atoms. The molecule has 2 N–H and O–H groups in total. The molecule has 0 unspecified atom stereocenters. The van der Waals surface area contributed by atoms with Gasteiger partial charge in [0.05, 0.1) is 25.6 Å². The predicted molar refractivity (Wildman–Crippen MR) is 83.6 cm³/mol. The monoisotopic (exact) mass is 300 g/mol. The summed E-state index contributed by atoms with van der Waals surface area (Å²) >= 11 is 0. The molecule has 114 valence electrons. The second-order valence-electron chi connectivity index (χ2n) is 4.34. The summed E-state index contributed by atoms with van der Waals surface area (Å²) < 4.78 is 10.4. The molecule has 2 amide bonds. The van der Waals surface area contributed by atoms with Gasteiger partial charge >= 0.3 is 0 Å². The molecule has 0 aliphatic heterocycles. The number of carbonyl (C=O) groups is 2. The number of nitrogens with one attached hydrogen (secondary N) is 2. The average molecular weight is 300 g/mol. The highest BCUT2D eigenvalue weighted by Gasteiger charge is 2.14. The second-order valence-corrected chi connectivity index (χ2v) is 4.34. The maximum atomic E-state index is 12.2. The van der Waals surface area contributed by atoms with Crippen molar-refractivity contribution in [1.29, 1.82) is 0 Å². The Labute approximate surface area is 128 Å². The van der Waals surface area contributed by atoms with Crippen LogP contribution in [0, 0.1) is 0 Å². The van der Waals surface area contributed by atoms with Crippen molar-refractivity contribution < 1.29 is 19.1 Å². The third-order valence-electron chi connectivity index (χ3n) is 3.02. The SMILES string of the molecule is COc1cc(NC(=O)c2ccccc2)c(OC)cc1NC=O. The summed E-state index contributed by atoms with van der Waals surface area (Å²) in [5.41, 5.74) is 1.43. The van der Waals surface area contributed by atoms with E-state index >= 15 is 0 Å². The van der Waals surface area contributed by atoms with E-state index in [0.717, 1.165) is 0 Å². The van der Waals surface area contributed by atoms with Gasteiger partial charge in [-0.15, -0.1) is 0 Å². The van der Waals surface area contributed by atoms with Crippen molar-refractivity contribution in [3.8, 4) is 11.5 Å². The highest BCUT2D eigenvalue weighted by atomic mass is 16.5. The first-order valence-electron chi connectivity index (χ1n) is 6.52. The Morgan fingerprint density at radius 1 is 1.00 bits per heavy atom. The fourth-order valence-electron chi connectivity index (χ4n) is 1.96. The van der Waals surface area contributed by atoms with Crippen molar-refractivity contribution in [3.63, 3.8) is 0 Å². The van der Waals surface area contributed by atoms with Crippen LogP contribution >= 0.6 is 0 Å². The molecule has 2 aromatic rings. The lowest BCUT2D eigenvalue weighted by Crippen LogP contribution is -2.13. The van der Waals surface area contributed by atoms with Gasteiger partial charge in [0.15, 0.2) is 0 Å². The highest BCUT2D eigenvalue weighted by Crippen LogP contribution is 2.36. The first-order valence-corrected chi connectivity index (χ1v) is 6.52. The van der Waals surface area contributed by atoms with Crippen molar-refractivity contribution in [2.24, 2.45) is 0 Å². The van der Waals surface area contributed by atoms with E-state index in [9.17, 15) is 9.59 Å². The topological polar surface area (TPSA) is 76.7 Å². The van der Waals surface area contributed by atoms with E-state index in [-0.39, 0.29) is 5.91 Å². The summed E-state index contributed by atoms with van der Waals surface area (Å²) in [5.74, 6) is 0.558. The van der Waals surface area contributed by atoms with Gasteiger partial charge in [0, 0.05) is 17.7 Å².